The molecule has 0 radical (unpaired) electrons. The maximum Gasteiger partial charge on any atom is 0.308 e. The van der Waals surface area contributed by atoms with Crippen molar-refractivity contribution in [1.82, 2.24) is 5.32 Å². The van der Waals surface area contributed by atoms with E-state index in [1.807, 2.05) is 0 Å². The first-order valence-electron chi connectivity index (χ1n) is 9.83. The highest BCUT2D eigenvalue weighted by atomic mass is 35.5. The second-order valence-electron chi connectivity index (χ2n) is 6.91. The number of hydrogen-bond acceptors (Lipinski definition) is 5. The van der Waals surface area contributed by atoms with E-state index in [2.05, 4.69) is 10.6 Å². The third-order valence-corrected chi connectivity index (χ3v) is 4.84. The van der Waals surface area contributed by atoms with Crippen LogP contribution in [0.5, 0.6) is 11.5 Å². The number of carbonyl (C=O) groups excluding carboxylic acids is 3. The lowest BCUT2D eigenvalue weighted by atomic mass is 10.1. The first-order chi connectivity index (χ1) is 15.8. The molecule has 170 valence electrons. The van der Waals surface area contributed by atoms with E-state index in [0.717, 1.165) is 5.56 Å². The molecule has 9 heteroatoms. The quantitative estimate of drug-likeness (QED) is 0.350. The van der Waals surface area contributed by atoms with Crippen LogP contribution in [0.25, 0.3) is 0 Å². The molecule has 3 rings (SSSR count). The smallest absolute Gasteiger partial charge is 0.308 e. The second-order valence-corrected chi connectivity index (χ2v) is 7.76. The maximum atomic E-state index is 12.4. The molecule has 3 aromatic carbocycles. The largest absolute Gasteiger partial charge is 0.482 e. The molecular weight excluding hydrogens is 467 g/mol. The van der Waals surface area contributed by atoms with Gasteiger partial charge in [0.05, 0.1) is 5.02 Å². The lowest BCUT2D eigenvalue weighted by Gasteiger charge is -2.10. The van der Waals surface area contributed by atoms with E-state index in [0.29, 0.717) is 32.8 Å². The van der Waals surface area contributed by atoms with Crippen molar-refractivity contribution in [2.45, 2.75) is 13.5 Å². The van der Waals surface area contributed by atoms with Crippen LogP contribution in [-0.2, 0) is 16.1 Å². The predicted molar refractivity (Wildman–Crippen MR) is 126 cm³/mol. The summed E-state index contributed by atoms with van der Waals surface area (Å²) in [5, 5.41) is 6.32. The van der Waals surface area contributed by atoms with E-state index >= 15 is 0 Å². The third-order valence-electron chi connectivity index (χ3n) is 4.31. The Balaban J connectivity index is 1.48. The molecule has 0 fully saturated rings. The molecular formula is C24H20Cl2N2O5. The van der Waals surface area contributed by atoms with E-state index < -0.39 is 5.97 Å². The van der Waals surface area contributed by atoms with Crippen molar-refractivity contribution in [3.63, 3.8) is 0 Å². The Morgan fingerprint density at radius 3 is 2.39 bits per heavy atom. The number of amides is 2. The summed E-state index contributed by atoms with van der Waals surface area (Å²) in [5.41, 5.74) is 1.77. The summed E-state index contributed by atoms with van der Waals surface area (Å²) in [6, 6.07) is 18.1. The number of esters is 1. The maximum absolute atomic E-state index is 12.4. The number of ether oxygens (including phenoxy) is 2. The molecule has 0 atom stereocenters. The van der Waals surface area contributed by atoms with Gasteiger partial charge in [-0.3, -0.25) is 14.4 Å². The fourth-order valence-corrected chi connectivity index (χ4v) is 3.23. The van der Waals surface area contributed by atoms with E-state index in [1.54, 1.807) is 54.6 Å². The number of carbonyl (C=O) groups is 3. The highest BCUT2D eigenvalue weighted by Crippen LogP contribution is 2.27. The molecule has 0 unspecified atom stereocenters. The van der Waals surface area contributed by atoms with Gasteiger partial charge >= 0.3 is 5.97 Å². The third kappa shape index (κ3) is 7.52. The zero-order valence-corrected chi connectivity index (χ0v) is 19.1. The summed E-state index contributed by atoms with van der Waals surface area (Å²) in [6.07, 6.45) is 0. The van der Waals surface area contributed by atoms with Gasteiger partial charge < -0.3 is 20.1 Å². The second kappa shape index (κ2) is 11.4. The van der Waals surface area contributed by atoms with E-state index in [9.17, 15) is 14.4 Å². The highest BCUT2D eigenvalue weighted by Gasteiger charge is 2.09. The Labute approximate surface area is 200 Å². The Morgan fingerprint density at radius 2 is 1.70 bits per heavy atom. The molecule has 0 bridgehead atoms. The van der Waals surface area contributed by atoms with Gasteiger partial charge in [-0.1, -0.05) is 41.4 Å². The van der Waals surface area contributed by atoms with Crippen LogP contribution in [0, 0.1) is 0 Å². The van der Waals surface area contributed by atoms with Crippen LogP contribution in [0.1, 0.15) is 22.8 Å². The lowest BCUT2D eigenvalue weighted by Crippen LogP contribution is -2.28. The average Bonchev–Trinajstić information content (AvgIpc) is 2.78. The zero-order valence-electron chi connectivity index (χ0n) is 17.6. The SMILES string of the molecule is CC(=O)Oc1cccc(C(=O)Nc2ccc(CNC(=O)COc3ccc(Cl)cc3Cl)cc2)c1. The molecule has 0 aliphatic carbocycles. The van der Waals surface area contributed by atoms with Gasteiger partial charge in [0, 0.05) is 29.7 Å². The van der Waals surface area contributed by atoms with Crippen LogP contribution >= 0.6 is 23.2 Å². The summed E-state index contributed by atoms with van der Waals surface area (Å²) in [5.74, 6) is -0.456. The normalized spacial score (nSPS) is 10.3. The summed E-state index contributed by atoms with van der Waals surface area (Å²) in [6.45, 7) is 1.39. The molecule has 33 heavy (non-hydrogen) atoms. The molecule has 0 saturated heterocycles. The number of benzene rings is 3. The molecule has 0 spiro atoms. The van der Waals surface area contributed by atoms with E-state index in [1.165, 1.54) is 19.1 Å². The molecule has 3 aromatic rings. The zero-order chi connectivity index (χ0) is 23.8. The highest BCUT2D eigenvalue weighted by molar-refractivity contribution is 6.35. The molecule has 0 heterocycles. The van der Waals surface area contributed by atoms with Gasteiger partial charge in [-0.15, -0.1) is 0 Å². The minimum absolute atomic E-state index is 0.193. The fraction of sp³-hybridized carbons (Fsp3) is 0.125. The van der Waals surface area contributed by atoms with Crippen molar-refractivity contribution in [1.29, 1.82) is 0 Å². The monoisotopic (exact) mass is 486 g/mol. The average molecular weight is 487 g/mol. The molecule has 0 saturated carbocycles. The summed E-state index contributed by atoms with van der Waals surface area (Å²) in [7, 11) is 0. The van der Waals surface area contributed by atoms with Crippen molar-refractivity contribution in [3.8, 4) is 11.5 Å². The molecule has 7 nitrogen and oxygen atoms in total. The lowest BCUT2D eigenvalue weighted by molar-refractivity contribution is -0.131. The van der Waals surface area contributed by atoms with Gasteiger partial charge in [0.2, 0.25) is 0 Å². The van der Waals surface area contributed by atoms with Crippen LogP contribution in [0.2, 0.25) is 10.0 Å². The minimum atomic E-state index is -0.462. The molecule has 0 aliphatic heterocycles. The molecule has 0 aliphatic rings. The van der Waals surface area contributed by atoms with Gasteiger partial charge in [0.25, 0.3) is 11.8 Å². The number of nitrogens with one attached hydrogen (secondary N) is 2. The standard InChI is InChI=1S/C24H20Cl2N2O5/c1-15(29)33-20-4-2-3-17(11-20)24(31)28-19-8-5-16(6-9-19)13-27-23(30)14-32-22-10-7-18(25)12-21(22)26/h2-12H,13-14H2,1H3,(H,27,30)(H,28,31). The van der Waals surface area contributed by atoms with Crippen LogP contribution < -0.4 is 20.1 Å². The van der Waals surface area contributed by atoms with Crippen LogP contribution in [0.3, 0.4) is 0 Å². The van der Waals surface area contributed by atoms with Gasteiger partial charge in [0.15, 0.2) is 6.61 Å². The van der Waals surface area contributed by atoms with Crippen molar-refractivity contribution in [3.05, 3.63) is 87.9 Å². The van der Waals surface area contributed by atoms with Crippen molar-refractivity contribution in [2.24, 2.45) is 0 Å². The van der Waals surface area contributed by atoms with E-state index in [-0.39, 0.29) is 25.0 Å². The minimum Gasteiger partial charge on any atom is -0.482 e. The van der Waals surface area contributed by atoms with Gasteiger partial charge in [-0.2, -0.15) is 0 Å². The van der Waals surface area contributed by atoms with Crippen molar-refractivity contribution >= 4 is 46.7 Å². The van der Waals surface area contributed by atoms with Gasteiger partial charge in [-0.25, -0.2) is 0 Å². The number of anilines is 1. The van der Waals surface area contributed by atoms with Crippen LogP contribution in [-0.4, -0.2) is 24.4 Å². The van der Waals surface area contributed by atoms with E-state index in [4.69, 9.17) is 32.7 Å². The molecule has 2 amide bonds. The number of halogens is 2. The topological polar surface area (TPSA) is 93.7 Å². The van der Waals surface area contributed by atoms with Gasteiger partial charge in [-0.05, 0) is 54.1 Å². The van der Waals surface area contributed by atoms with Crippen molar-refractivity contribution in [2.75, 3.05) is 11.9 Å². The first-order valence-corrected chi connectivity index (χ1v) is 10.6. The summed E-state index contributed by atoms with van der Waals surface area (Å²) in [4.78, 5) is 35.6. The van der Waals surface area contributed by atoms with Crippen LogP contribution in [0.15, 0.2) is 66.7 Å². The predicted octanol–water partition coefficient (Wildman–Crippen LogP) is 4.87. The number of hydrogen-bond donors (Lipinski definition) is 2. The number of rotatable bonds is 8. The first kappa shape index (κ1) is 24.1. The van der Waals surface area contributed by atoms with Gasteiger partial charge in [0.1, 0.15) is 11.5 Å². The van der Waals surface area contributed by atoms with Crippen molar-refractivity contribution < 1.29 is 23.9 Å². The van der Waals surface area contributed by atoms with Crippen LogP contribution in [0.4, 0.5) is 5.69 Å². The Morgan fingerprint density at radius 1 is 0.939 bits per heavy atom. The Bertz CT molecular complexity index is 1170. The Kier molecular flexibility index (Phi) is 8.29. The summed E-state index contributed by atoms with van der Waals surface area (Å²) >= 11 is 11.8. The summed E-state index contributed by atoms with van der Waals surface area (Å²) < 4.78 is 10.4. The Hall–Kier alpha value is -3.55. The molecule has 0 aromatic heterocycles. The fourth-order valence-electron chi connectivity index (χ4n) is 2.76. The molecule has 2 N–H and O–H groups in total.